The van der Waals surface area contributed by atoms with E-state index in [9.17, 15) is 19.2 Å². The van der Waals surface area contributed by atoms with Crippen molar-refractivity contribution in [3.63, 3.8) is 0 Å². The Balaban J connectivity index is 1.58. The van der Waals surface area contributed by atoms with Crippen LogP contribution < -0.4 is 10.6 Å². The van der Waals surface area contributed by atoms with Gasteiger partial charge in [0.15, 0.2) is 0 Å². The molecule has 0 saturated carbocycles. The van der Waals surface area contributed by atoms with Crippen molar-refractivity contribution in [1.82, 2.24) is 20.5 Å². The molecule has 0 aliphatic carbocycles. The minimum atomic E-state index is -0.894. The molecular formula is C28H38N4O5S. The zero-order chi connectivity index (χ0) is 27.9. The smallest absolute Gasteiger partial charge is 0.303 e. The maximum absolute atomic E-state index is 13.6. The van der Waals surface area contributed by atoms with Gasteiger partial charge in [-0.3, -0.25) is 19.2 Å². The maximum Gasteiger partial charge on any atom is 0.303 e. The third-order valence-electron chi connectivity index (χ3n) is 6.73. The third-order valence-corrected chi connectivity index (χ3v) is 7.71. The van der Waals surface area contributed by atoms with Gasteiger partial charge in [0.2, 0.25) is 17.7 Å². The van der Waals surface area contributed by atoms with Crippen LogP contribution >= 0.6 is 11.3 Å². The number of benzene rings is 1. The molecule has 2 atom stereocenters. The van der Waals surface area contributed by atoms with Crippen LogP contribution in [0.15, 0.2) is 29.8 Å². The lowest BCUT2D eigenvalue weighted by atomic mass is 9.85. The van der Waals surface area contributed by atoms with Crippen LogP contribution in [0.25, 0.3) is 10.4 Å². The Morgan fingerprint density at radius 3 is 2.42 bits per heavy atom. The molecule has 1 aromatic heterocycles. The van der Waals surface area contributed by atoms with Gasteiger partial charge in [0.25, 0.3) is 0 Å². The highest BCUT2D eigenvalue weighted by Gasteiger charge is 2.41. The van der Waals surface area contributed by atoms with Gasteiger partial charge >= 0.3 is 5.97 Å². The fraction of sp³-hybridized carbons (Fsp3) is 0.536. The first kappa shape index (κ1) is 29.3. The number of hydrogen-bond acceptors (Lipinski definition) is 6. The van der Waals surface area contributed by atoms with Crippen molar-refractivity contribution >= 4 is 35.0 Å². The van der Waals surface area contributed by atoms with Crippen LogP contribution in [-0.2, 0) is 25.7 Å². The van der Waals surface area contributed by atoms with Gasteiger partial charge in [-0.05, 0) is 49.1 Å². The summed E-state index contributed by atoms with van der Waals surface area (Å²) in [5.41, 5.74) is 4.30. The van der Waals surface area contributed by atoms with E-state index in [2.05, 4.69) is 15.6 Å². The van der Waals surface area contributed by atoms with Crippen LogP contribution in [0.4, 0.5) is 0 Å². The highest BCUT2D eigenvalue weighted by atomic mass is 32.1. The lowest BCUT2D eigenvalue weighted by Crippen LogP contribution is -2.57. The van der Waals surface area contributed by atoms with Crippen LogP contribution in [0.3, 0.4) is 0 Å². The summed E-state index contributed by atoms with van der Waals surface area (Å²) < 4.78 is 0. The van der Waals surface area contributed by atoms with E-state index < -0.39 is 23.5 Å². The fourth-order valence-corrected chi connectivity index (χ4v) is 5.38. The quantitative estimate of drug-likeness (QED) is 0.370. The molecule has 0 spiro atoms. The van der Waals surface area contributed by atoms with E-state index in [1.807, 2.05) is 57.5 Å². The molecule has 9 nitrogen and oxygen atoms in total. The Morgan fingerprint density at radius 2 is 1.82 bits per heavy atom. The largest absolute Gasteiger partial charge is 0.481 e. The molecular weight excluding hydrogens is 504 g/mol. The monoisotopic (exact) mass is 542 g/mol. The third kappa shape index (κ3) is 7.86. The first-order chi connectivity index (χ1) is 18.0. The number of nitrogens with one attached hydrogen (secondary N) is 2. The molecule has 1 saturated heterocycles. The summed E-state index contributed by atoms with van der Waals surface area (Å²) in [5, 5.41) is 14.6. The Labute approximate surface area is 228 Å². The summed E-state index contributed by atoms with van der Waals surface area (Å²) in [6.07, 6.45) is 2.28. The van der Waals surface area contributed by atoms with Crippen LogP contribution in [0.1, 0.15) is 70.6 Å². The van der Waals surface area contributed by atoms with Crippen molar-refractivity contribution < 1.29 is 24.3 Å². The zero-order valence-electron chi connectivity index (χ0n) is 22.6. The Hall–Kier alpha value is -3.27. The summed E-state index contributed by atoms with van der Waals surface area (Å²) in [6, 6.07) is 6.63. The van der Waals surface area contributed by atoms with E-state index in [-0.39, 0.29) is 30.6 Å². The number of rotatable bonds is 11. The molecule has 0 radical (unpaired) electrons. The number of aliphatic carboxylic acids is 1. The molecule has 206 valence electrons. The van der Waals surface area contributed by atoms with Crippen molar-refractivity contribution in [3.05, 3.63) is 41.0 Å². The molecule has 0 bridgehead atoms. The van der Waals surface area contributed by atoms with Gasteiger partial charge in [-0.25, -0.2) is 4.98 Å². The van der Waals surface area contributed by atoms with Gasteiger partial charge < -0.3 is 20.6 Å². The molecule has 3 N–H and O–H groups in total. The van der Waals surface area contributed by atoms with E-state index in [0.717, 1.165) is 21.7 Å². The minimum absolute atomic E-state index is 0.00933. The molecule has 2 heterocycles. The van der Waals surface area contributed by atoms with Crippen LogP contribution in [0.2, 0.25) is 0 Å². The van der Waals surface area contributed by atoms with Gasteiger partial charge in [-0.1, -0.05) is 45.0 Å². The molecule has 2 aromatic rings. The number of carboxylic acids is 1. The second-order valence-electron chi connectivity index (χ2n) is 10.8. The fourth-order valence-electron chi connectivity index (χ4n) is 4.57. The van der Waals surface area contributed by atoms with E-state index in [1.54, 1.807) is 16.2 Å². The number of likely N-dealkylation sites (tertiary alicyclic amines) is 1. The van der Waals surface area contributed by atoms with Gasteiger partial charge in [-0.2, -0.15) is 0 Å². The Kier molecular flexibility index (Phi) is 10.0. The number of carbonyl (C=O) groups is 4. The van der Waals surface area contributed by atoms with E-state index in [0.29, 0.717) is 38.8 Å². The summed E-state index contributed by atoms with van der Waals surface area (Å²) in [5.74, 6) is -1.65. The topological polar surface area (TPSA) is 129 Å². The molecule has 3 rings (SSSR count). The number of carboxylic acid groups (broad SMARTS) is 1. The number of thiazole rings is 1. The maximum atomic E-state index is 13.6. The van der Waals surface area contributed by atoms with Crippen LogP contribution in [0, 0.1) is 12.3 Å². The first-order valence-electron chi connectivity index (χ1n) is 13.1. The predicted molar refractivity (Wildman–Crippen MR) is 146 cm³/mol. The molecule has 38 heavy (non-hydrogen) atoms. The summed E-state index contributed by atoms with van der Waals surface area (Å²) in [6.45, 7) is 8.43. The van der Waals surface area contributed by atoms with Crippen molar-refractivity contribution in [3.8, 4) is 10.4 Å². The van der Waals surface area contributed by atoms with Gasteiger partial charge in [0.1, 0.15) is 12.1 Å². The first-order valence-corrected chi connectivity index (χ1v) is 13.9. The number of carbonyl (C=O) groups excluding carboxylic acids is 3. The molecule has 1 aromatic carbocycles. The number of amides is 3. The van der Waals surface area contributed by atoms with E-state index >= 15 is 0 Å². The summed E-state index contributed by atoms with van der Waals surface area (Å²) in [7, 11) is 0. The number of nitrogens with zero attached hydrogens (tertiary/aromatic N) is 2. The highest BCUT2D eigenvalue weighted by Crippen LogP contribution is 2.28. The summed E-state index contributed by atoms with van der Waals surface area (Å²) >= 11 is 1.59. The normalized spacial score (nSPS) is 16.2. The second kappa shape index (κ2) is 13.0. The van der Waals surface area contributed by atoms with Gasteiger partial charge in [0, 0.05) is 25.9 Å². The number of aromatic nitrogens is 1. The second-order valence-corrected chi connectivity index (χ2v) is 11.7. The summed E-state index contributed by atoms with van der Waals surface area (Å²) in [4.78, 5) is 56.9. The van der Waals surface area contributed by atoms with Gasteiger partial charge in [-0.15, -0.1) is 11.3 Å². The van der Waals surface area contributed by atoms with E-state index in [4.69, 9.17) is 5.11 Å². The Morgan fingerprint density at radius 1 is 1.13 bits per heavy atom. The van der Waals surface area contributed by atoms with Crippen LogP contribution in [-0.4, -0.2) is 57.3 Å². The number of unbranched alkanes of at least 4 members (excludes halogenated alkanes) is 1. The molecule has 1 aliphatic rings. The SMILES string of the molecule is Cc1ncsc1-c1ccc(CNC(=O)C2CCCN2C(=O)C(NC(=O)CCCCC(=O)O)C(C)(C)C)cc1. The average Bonchev–Trinajstić information content (AvgIpc) is 3.52. The minimum Gasteiger partial charge on any atom is -0.481 e. The predicted octanol–water partition coefficient (Wildman–Crippen LogP) is 3.90. The lowest BCUT2D eigenvalue weighted by molar-refractivity contribution is -0.144. The number of hydrogen-bond donors (Lipinski definition) is 3. The Bertz CT molecular complexity index is 1140. The molecule has 10 heteroatoms. The highest BCUT2D eigenvalue weighted by molar-refractivity contribution is 7.13. The standard InChI is InChI=1S/C28H38N4O5S/c1-18-24(38-17-30-18)20-13-11-19(12-14-20)16-29-26(36)21-8-7-15-32(21)27(37)25(28(2,3)4)31-22(33)9-5-6-10-23(34)35/h11-14,17,21,25H,5-10,15-16H2,1-4H3,(H,29,36)(H,31,33)(H,34,35). The molecule has 3 amide bonds. The van der Waals surface area contributed by atoms with Crippen molar-refractivity contribution in [1.29, 1.82) is 0 Å². The van der Waals surface area contributed by atoms with Crippen molar-refractivity contribution in [2.24, 2.45) is 5.41 Å². The van der Waals surface area contributed by atoms with Crippen LogP contribution in [0.5, 0.6) is 0 Å². The van der Waals surface area contributed by atoms with Gasteiger partial charge in [0.05, 0.1) is 16.1 Å². The van der Waals surface area contributed by atoms with Crippen molar-refractivity contribution in [2.75, 3.05) is 6.54 Å². The number of aryl methyl sites for hydroxylation is 1. The molecule has 1 aliphatic heterocycles. The lowest BCUT2D eigenvalue weighted by Gasteiger charge is -2.35. The van der Waals surface area contributed by atoms with E-state index in [1.165, 1.54) is 0 Å². The average molecular weight is 543 g/mol. The van der Waals surface area contributed by atoms with Crippen molar-refractivity contribution in [2.45, 2.75) is 84.8 Å². The zero-order valence-corrected chi connectivity index (χ0v) is 23.4. The molecule has 1 fully saturated rings. The molecule has 2 unspecified atom stereocenters.